The Morgan fingerprint density at radius 2 is 1.60 bits per heavy atom. The van der Waals surface area contributed by atoms with E-state index in [0.29, 0.717) is 0 Å². The normalized spacial score (nSPS) is 13.6. The molecular formula is C24H32N2O4. The van der Waals surface area contributed by atoms with Gasteiger partial charge in [-0.15, -0.1) is 0 Å². The maximum Gasteiger partial charge on any atom is 0.329 e. The maximum absolute atomic E-state index is 12.7. The quantitative estimate of drug-likeness (QED) is 0.683. The summed E-state index contributed by atoms with van der Waals surface area (Å²) in [5.74, 6) is -1.45. The average molecular weight is 413 g/mol. The van der Waals surface area contributed by atoms with Gasteiger partial charge in [0.15, 0.2) is 6.10 Å². The molecule has 0 bridgehead atoms. The van der Waals surface area contributed by atoms with Gasteiger partial charge in [0.1, 0.15) is 6.04 Å². The van der Waals surface area contributed by atoms with Crippen LogP contribution in [0.25, 0.3) is 10.8 Å². The van der Waals surface area contributed by atoms with Crippen molar-refractivity contribution >= 4 is 28.6 Å². The van der Waals surface area contributed by atoms with Gasteiger partial charge in [0.05, 0.1) is 6.42 Å². The molecule has 0 spiro atoms. The molecule has 0 fully saturated rings. The van der Waals surface area contributed by atoms with E-state index in [9.17, 15) is 14.4 Å². The molecule has 0 saturated heterocycles. The van der Waals surface area contributed by atoms with Crippen molar-refractivity contribution in [1.82, 2.24) is 10.6 Å². The number of rotatable bonds is 7. The van der Waals surface area contributed by atoms with Crippen LogP contribution in [0.3, 0.4) is 0 Å². The van der Waals surface area contributed by atoms with E-state index in [2.05, 4.69) is 10.6 Å². The van der Waals surface area contributed by atoms with E-state index < -0.39 is 23.7 Å². The zero-order valence-electron chi connectivity index (χ0n) is 18.6. The Balaban J connectivity index is 2.04. The summed E-state index contributed by atoms with van der Waals surface area (Å²) in [5, 5.41) is 7.62. The molecular weight excluding hydrogens is 380 g/mol. The summed E-state index contributed by atoms with van der Waals surface area (Å²) in [7, 11) is 0. The fourth-order valence-electron chi connectivity index (χ4n) is 3.11. The van der Waals surface area contributed by atoms with Crippen molar-refractivity contribution in [2.75, 3.05) is 0 Å². The van der Waals surface area contributed by atoms with Crippen LogP contribution in [0.4, 0.5) is 0 Å². The maximum atomic E-state index is 12.7. The molecule has 2 rings (SSSR count). The Labute approximate surface area is 178 Å². The van der Waals surface area contributed by atoms with Crippen molar-refractivity contribution in [3.8, 4) is 0 Å². The van der Waals surface area contributed by atoms with Gasteiger partial charge in [-0.25, -0.2) is 4.79 Å². The van der Waals surface area contributed by atoms with Crippen molar-refractivity contribution < 1.29 is 19.1 Å². The lowest BCUT2D eigenvalue weighted by Gasteiger charge is -2.26. The lowest BCUT2D eigenvalue weighted by molar-refractivity contribution is -0.159. The Morgan fingerprint density at radius 3 is 2.23 bits per heavy atom. The first kappa shape index (κ1) is 23.4. The summed E-state index contributed by atoms with van der Waals surface area (Å²) >= 11 is 0. The molecule has 0 aliphatic rings. The average Bonchev–Trinajstić information content (AvgIpc) is 2.64. The van der Waals surface area contributed by atoms with Crippen molar-refractivity contribution in [3.63, 3.8) is 0 Å². The monoisotopic (exact) mass is 412 g/mol. The van der Waals surface area contributed by atoms with Gasteiger partial charge in [-0.1, -0.05) is 56.3 Å². The molecule has 6 heteroatoms. The molecule has 2 N–H and O–H groups in total. The van der Waals surface area contributed by atoms with Gasteiger partial charge in [-0.2, -0.15) is 0 Å². The second kappa shape index (κ2) is 9.74. The van der Waals surface area contributed by atoms with Gasteiger partial charge in [0.25, 0.3) is 5.91 Å². The number of carbonyl (C=O) groups is 3. The van der Waals surface area contributed by atoms with Crippen LogP contribution in [-0.2, 0) is 25.5 Å². The summed E-state index contributed by atoms with van der Waals surface area (Å²) < 4.78 is 5.34. The standard InChI is InChI=1S/C24H32N2O4/c1-15(2)21(23(29)30-16(3)22(28)26-24(4,5)6)25-20(27)14-18-12-9-11-17-10-7-8-13-19(17)18/h7-13,15-16,21H,14H2,1-6H3,(H,25,27)(H,26,28)/t16-,21-/m0/s1. The minimum Gasteiger partial charge on any atom is -0.451 e. The van der Waals surface area contributed by atoms with Crippen molar-refractivity contribution in [3.05, 3.63) is 48.0 Å². The predicted molar refractivity (Wildman–Crippen MR) is 118 cm³/mol. The van der Waals surface area contributed by atoms with Crippen LogP contribution in [0.1, 0.15) is 47.1 Å². The third kappa shape index (κ3) is 6.58. The molecule has 0 heterocycles. The molecule has 0 unspecified atom stereocenters. The molecule has 0 aliphatic heterocycles. The van der Waals surface area contributed by atoms with Crippen LogP contribution < -0.4 is 10.6 Å². The Morgan fingerprint density at radius 1 is 0.967 bits per heavy atom. The largest absolute Gasteiger partial charge is 0.451 e. The molecule has 0 aromatic heterocycles. The Kier molecular flexibility index (Phi) is 7.59. The fraction of sp³-hybridized carbons (Fsp3) is 0.458. The van der Waals surface area contributed by atoms with Crippen molar-refractivity contribution in [1.29, 1.82) is 0 Å². The van der Waals surface area contributed by atoms with Crippen molar-refractivity contribution in [2.45, 2.75) is 65.6 Å². The number of fused-ring (bicyclic) bond motifs is 1. The van der Waals surface area contributed by atoms with E-state index in [1.165, 1.54) is 6.92 Å². The summed E-state index contributed by atoms with van der Waals surface area (Å²) in [6.45, 7) is 10.7. The third-order valence-electron chi connectivity index (χ3n) is 4.63. The van der Waals surface area contributed by atoms with E-state index in [0.717, 1.165) is 16.3 Å². The zero-order valence-corrected chi connectivity index (χ0v) is 18.6. The number of benzene rings is 2. The summed E-state index contributed by atoms with van der Waals surface area (Å²) in [6.07, 6.45) is -0.800. The topological polar surface area (TPSA) is 84.5 Å². The molecule has 2 aromatic rings. The second-order valence-electron chi connectivity index (χ2n) is 8.92. The van der Waals surface area contributed by atoms with Gasteiger partial charge in [-0.3, -0.25) is 9.59 Å². The second-order valence-corrected chi connectivity index (χ2v) is 8.92. The van der Waals surface area contributed by atoms with Gasteiger partial charge >= 0.3 is 5.97 Å². The molecule has 0 radical (unpaired) electrons. The lowest BCUT2D eigenvalue weighted by Crippen LogP contribution is -2.50. The van der Waals surface area contributed by atoms with Gasteiger partial charge in [-0.05, 0) is 49.9 Å². The smallest absolute Gasteiger partial charge is 0.329 e. The first-order chi connectivity index (χ1) is 14.0. The third-order valence-corrected chi connectivity index (χ3v) is 4.63. The van der Waals surface area contributed by atoms with Crippen molar-refractivity contribution in [2.24, 2.45) is 5.92 Å². The van der Waals surface area contributed by atoms with Crippen LogP contribution in [-0.4, -0.2) is 35.5 Å². The van der Waals surface area contributed by atoms with E-state index in [1.54, 1.807) is 0 Å². The minimum atomic E-state index is -0.951. The molecule has 2 atom stereocenters. The fourth-order valence-corrected chi connectivity index (χ4v) is 3.11. The van der Waals surface area contributed by atoms with Crippen LogP contribution in [0.2, 0.25) is 0 Å². The Bertz CT molecular complexity index is 910. The number of ether oxygens (including phenoxy) is 1. The number of esters is 1. The highest BCUT2D eigenvalue weighted by Crippen LogP contribution is 2.19. The van der Waals surface area contributed by atoms with Gasteiger partial charge in [0.2, 0.25) is 5.91 Å². The Hall–Kier alpha value is -2.89. The van der Waals surface area contributed by atoms with Crippen LogP contribution in [0, 0.1) is 5.92 Å². The number of amides is 2. The number of hydrogen-bond donors (Lipinski definition) is 2. The highest BCUT2D eigenvalue weighted by atomic mass is 16.5. The first-order valence-electron chi connectivity index (χ1n) is 10.3. The lowest BCUT2D eigenvalue weighted by atomic mass is 10.0. The van der Waals surface area contributed by atoms with Crippen LogP contribution >= 0.6 is 0 Å². The molecule has 2 amide bonds. The number of hydrogen-bond acceptors (Lipinski definition) is 4. The van der Waals surface area contributed by atoms with E-state index in [4.69, 9.17) is 4.74 Å². The highest BCUT2D eigenvalue weighted by Gasteiger charge is 2.30. The van der Waals surface area contributed by atoms with E-state index >= 15 is 0 Å². The van der Waals surface area contributed by atoms with E-state index in [1.807, 2.05) is 77.1 Å². The SMILES string of the molecule is CC(C)[C@H](NC(=O)Cc1cccc2ccccc12)C(=O)O[C@@H](C)C(=O)NC(C)(C)C. The summed E-state index contributed by atoms with van der Waals surface area (Å²) in [5.41, 5.74) is 0.460. The molecule has 6 nitrogen and oxygen atoms in total. The first-order valence-corrected chi connectivity index (χ1v) is 10.3. The van der Waals surface area contributed by atoms with Crippen LogP contribution in [0.15, 0.2) is 42.5 Å². The predicted octanol–water partition coefficient (Wildman–Crippen LogP) is 3.37. The number of carbonyl (C=O) groups excluding carboxylic acids is 3. The zero-order chi connectivity index (χ0) is 22.5. The summed E-state index contributed by atoms with van der Waals surface area (Å²) in [4.78, 5) is 37.5. The molecule has 2 aromatic carbocycles. The van der Waals surface area contributed by atoms with Crippen LogP contribution in [0.5, 0.6) is 0 Å². The molecule has 0 aliphatic carbocycles. The van der Waals surface area contributed by atoms with Gasteiger partial charge < -0.3 is 15.4 Å². The van der Waals surface area contributed by atoms with Gasteiger partial charge in [0, 0.05) is 5.54 Å². The molecule has 0 saturated carbocycles. The molecule has 162 valence electrons. The summed E-state index contributed by atoms with van der Waals surface area (Å²) in [6, 6.07) is 12.8. The molecule has 30 heavy (non-hydrogen) atoms. The highest BCUT2D eigenvalue weighted by molar-refractivity contribution is 5.92. The van der Waals surface area contributed by atoms with E-state index in [-0.39, 0.29) is 24.2 Å². The number of nitrogens with one attached hydrogen (secondary N) is 2. The minimum absolute atomic E-state index is 0.151.